The van der Waals surface area contributed by atoms with Crippen LogP contribution in [-0.4, -0.2) is 40.6 Å². The second kappa shape index (κ2) is 7.45. The fraction of sp³-hybridized carbons (Fsp3) is 0.320. The van der Waals surface area contributed by atoms with Crippen molar-refractivity contribution in [3.8, 4) is 0 Å². The average molecular weight is 479 g/mol. The number of nitrogens with zero attached hydrogens (tertiary/aromatic N) is 2. The van der Waals surface area contributed by atoms with Crippen LogP contribution in [0.25, 0.3) is 6.08 Å². The van der Waals surface area contributed by atoms with E-state index in [2.05, 4.69) is 15.9 Å². The van der Waals surface area contributed by atoms with Crippen molar-refractivity contribution in [1.82, 2.24) is 4.90 Å². The summed E-state index contributed by atoms with van der Waals surface area (Å²) in [6.07, 6.45) is 4.67. The first-order valence-electron chi connectivity index (χ1n) is 10.7. The van der Waals surface area contributed by atoms with E-state index in [1.54, 1.807) is 12.1 Å². The number of likely N-dealkylation sites (tertiary alicyclic amines) is 1. The van der Waals surface area contributed by atoms with Gasteiger partial charge in [-0.1, -0.05) is 65.3 Å². The Morgan fingerprint density at radius 3 is 2.48 bits per heavy atom. The van der Waals surface area contributed by atoms with Crippen molar-refractivity contribution >= 4 is 45.3 Å². The molecule has 0 saturated carbocycles. The van der Waals surface area contributed by atoms with Crippen molar-refractivity contribution in [3.05, 3.63) is 70.2 Å². The summed E-state index contributed by atoms with van der Waals surface area (Å²) in [5, 5.41) is 0. The number of carbonyl (C=O) groups excluding carboxylic acids is 3. The molecule has 3 aliphatic rings. The standard InChI is InChI=1S/C25H23BrN2O3/c1-3-14(2)27-24(30)20-19-11-9-16-13-17(26)10-12-18(16)28(19)22(21(20)25(27)31)23(29)15-7-5-4-6-8-15/h4-14,19-22H,3H2,1-2H3/t14-,19+,20+,21+,22+/m0/s1. The quantitative estimate of drug-likeness (QED) is 0.485. The molecule has 5 nitrogen and oxygen atoms in total. The highest BCUT2D eigenvalue weighted by molar-refractivity contribution is 9.10. The summed E-state index contributed by atoms with van der Waals surface area (Å²) in [5.74, 6) is -1.73. The van der Waals surface area contributed by atoms with Gasteiger partial charge in [0.1, 0.15) is 6.04 Å². The Morgan fingerprint density at radius 2 is 1.77 bits per heavy atom. The molecule has 6 heteroatoms. The van der Waals surface area contributed by atoms with Crippen LogP contribution in [0.15, 0.2) is 59.1 Å². The molecule has 3 aliphatic heterocycles. The number of benzene rings is 2. The number of amides is 2. The van der Waals surface area contributed by atoms with Crippen LogP contribution in [0.1, 0.15) is 36.2 Å². The predicted molar refractivity (Wildman–Crippen MR) is 123 cm³/mol. The molecule has 3 heterocycles. The smallest absolute Gasteiger partial charge is 0.236 e. The molecule has 2 aromatic carbocycles. The van der Waals surface area contributed by atoms with E-state index in [4.69, 9.17) is 0 Å². The minimum absolute atomic E-state index is 0.116. The zero-order valence-electron chi connectivity index (χ0n) is 17.4. The largest absolute Gasteiger partial charge is 0.352 e. The Bertz CT molecular complexity index is 1110. The molecule has 5 rings (SSSR count). The lowest BCUT2D eigenvalue weighted by atomic mass is 9.86. The van der Waals surface area contributed by atoms with E-state index in [1.807, 2.05) is 67.3 Å². The Balaban J connectivity index is 1.66. The van der Waals surface area contributed by atoms with E-state index in [-0.39, 0.29) is 29.7 Å². The predicted octanol–water partition coefficient (Wildman–Crippen LogP) is 4.32. The van der Waals surface area contributed by atoms with E-state index >= 15 is 0 Å². The lowest BCUT2D eigenvalue weighted by molar-refractivity contribution is -0.142. The normalized spacial score (nSPS) is 27.2. The maximum atomic E-state index is 13.8. The molecule has 158 valence electrons. The highest BCUT2D eigenvalue weighted by Crippen LogP contribution is 2.49. The lowest BCUT2D eigenvalue weighted by Gasteiger charge is -2.37. The van der Waals surface area contributed by atoms with Gasteiger partial charge in [0.2, 0.25) is 11.8 Å². The summed E-state index contributed by atoms with van der Waals surface area (Å²) in [6.45, 7) is 3.86. The zero-order chi connectivity index (χ0) is 21.9. The molecule has 0 radical (unpaired) electrons. The Labute approximate surface area is 189 Å². The highest BCUT2D eigenvalue weighted by Gasteiger charge is 2.64. The molecular weight excluding hydrogens is 456 g/mol. The molecule has 0 bridgehead atoms. The van der Waals surface area contributed by atoms with E-state index in [9.17, 15) is 14.4 Å². The molecule has 0 spiro atoms. The molecular formula is C25H23BrN2O3. The van der Waals surface area contributed by atoms with Crippen LogP contribution in [0.2, 0.25) is 0 Å². The maximum absolute atomic E-state index is 13.8. The molecule has 2 saturated heterocycles. The number of hydrogen-bond donors (Lipinski definition) is 0. The van der Waals surface area contributed by atoms with Gasteiger partial charge in [0.05, 0.1) is 17.9 Å². The SMILES string of the molecule is CC[C@H](C)N1C(=O)[C@@H]2[C@H](C1=O)[C@H]1C=Cc3cc(Br)ccc3N1[C@H]2C(=O)c1ccccc1. The van der Waals surface area contributed by atoms with Crippen LogP contribution in [0.3, 0.4) is 0 Å². The highest BCUT2D eigenvalue weighted by atomic mass is 79.9. The number of ketones is 1. The molecule has 0 aromatic heterocycles. The first kappa shape index (κ1) is 20.2. The first-order chi connectivity index (χ1) is 14.9. The van der Waals surface area contributed by atoms with Gasteiger partial charge in [0.15, 0.2) is 5.78 Å². The Morgan fingerprint density at radius 1 is 1.06 bits per heavy atom. The van der Waals surface area contributed by atoms with Crippen molar-refractivity contribution in [2.45, 2.75) is 38.4 Å². The fourth-order valence-electron chi connectivity index (χ4n) is 5.26. The monoisotopic (exact) mass is 478 g/mol. The number of halogens is 1. The number of imide groups is 1. The Hall–Kier alpha value is -2.73. The van der Waals surface area contributed by atoms with Gasteiger partial charge < -0.3 is 4.90 Å². The molecule has 0 aliphatic carbocycles. The summed E-state index contributed by atoms with van der Waals surface area (Å²) < 4.78 is 0.940. The van der Waals surface area contributed by atoms with Gasteiger partial charge in [-0.3, -0.25) is 19.3 Å². The topological polar surface area (TPSA) is 57.7 Å². The number of carbonyl (C=O) groups is 3. The Kier molecular flexibility index (Phi) is 4.85. The van der Waals surface area contributed by atoms with Gasteiger partial charge in [-0.2, -0.15) is 0 Å². The van der Waals surface area contributed by atoms with Crippen molar-refractivity contribution < 1.29 is 14.4 Å². The lowest BCUT2D eigenvalue weighted by Crippen LogP contribution is -2.50. The number of hydrogen-bond acceptors (Lipinski definition) is 4. The molecule has 0 unspecified atom stereocenters. The summed E-state index contributed by atoms with van der Waals surface area (Å²) in [7, 11) is 0. The molecule has 2 aromatic rings. The average Bonchev–Trinajstić information content (AvgIpc) is 3.26. The van der Waals surface area contributed by atoms with E-state index in [0.717, 1.165) is 15.7 Å². The molecule has 31 heavy (non-hydrogen) atoms. The van der Waals surface area contributed by atoms with Crippen molar-refractivity contribution in [2.24, 2.45) is 11.8 Å². The second-order valence-corrected chi connectivity index (χ2v) is 9.41. The van der Waals surface area contributed by atoms with Crippen molar-refractivity contribution in [2.75, 3.05) is 4.90 Å². The van der Waals surface area contributed by atoms with E-state index in [1.165, 1.54) is 4.90 Å². The van der Waals surface area contributed by atoms with E-state index in [0.29, 0.717) is 12.0 Å². The number of fused-ring (bicyclic) bond motifs is 5. The minimum atomic E-state index is -0.715. The van der Waals surface area contributed by atoms with Gasteiger partial charge in [-0.25, -0.2) is 0 Å². The van der Waals surface area contributed by atoms with Crippen LogP contribution in [-0.2, 0) is 9.59 Å². The molecule has 2 amide bonds. The van der Waals surface area contributed by atoms with Crippen LogP contribution < -0.4 is 4.90 Å². The van der Waals surface area contributed by atoms with Crippen LogP contribution in [0.4, 0.5) is 5.69 Å². The minimum Gasteiger partial charge on any atom is -0.352 e. The summed E-state index contributed by atoms with van der Waals surface area (Å²) >= 11 is 3.51. The summed E-state index contributed by atoms with van der Waals surface area (Å²) in [4.78, 5) is 44.2. The van der Waals surface area contributed by atoms with Gasteiger partial charge >= 0.3 is 0 Å². The number of Topliss-reactive ketones (excluding diaryl/α,β-unsaturated/α-hetero) is 1. The van der Waals surface area contributed by atoms with Crippen LogP contribution in [0, 0.1) is 11.8 Å². The van der Waals surface area contributed by atoms with Gasteiger partial charge in [0, 0.05) is 21.8 Å². The summed E-state index contributed by atoms with van der Waals surface area (Å²) in [6, 6.07) is 13.7. The molecule has 2 fully saturated rings. The molecule has 5 atom stereocenters. The van der Waals surface area contributed by atoms with Crippen LogP contribution in [0.5, 0.6) is 0 Å². The third kappa shape index (κ3) is 2.92. The fourth-order valence-corrected chi connectivity index (χ4v) is 5.64. The molecule has 0 N–H and O–H groups in total. The number of rotatable bonds is 4. The third-order valence-corrected chi connectivity index (χ3v) is 7.35. The maximum Gasteiger partial charge on any atom is 0.236 e. The van der Waals surface area contributed by atoms with Crippen molar-refractivity contribution in [3.63, 3.8) is 0 Å². The zero-order valence-corrected chi connectivity index (χ0v) is 19.0. The van der Waals surface area contributed by atoms with Gasteiger partial charge in [-0.15, -0.1) is 0 Å². The van der Waals surface area contributed by atoms with Gasteiger partial charge in [0.25, 0.3) is 0 Å². The first-order valence-corrected chi connectivity index (χ1v) is 11.5. The van der Waals surface area contributed by atoms with Crippen LogP contribution >= 0.6 is 15.9 Å². The van der Waals surface area contributed by atoms with Crippen molar-refractivity contribution in [1.29, 1.82) is 0 Å². The number of anilines is 1. The summed E-state index contributed by atoms with van der Waals surface area (Å²) in [5.41, 5.74) is 2.41. The van der Waals surface area contributed by atoms with E-state index < -0.39 is 17.9 Å². The third-order valence-electron chi connectivity index (χ3n) is 6.86. The van der Waals surface area contributed by atoms with Gasteiger partial charge in [-0.05, 0) is 37.1 Å². The second-order valence-electron chi connectivity index (χ2n) is 8.49.